The first-order valence-electron chi connectivity index (χ1n) is 6.75. The largest absolute Gasteiger partial charge is 0.480 e. The second-order valence-electron chi connectivity index (χ2n) is 5.26. The summed E-state index contributed by atoms with van der Waals surface area (Å²) in [5.41, 5.74) is 6.03. The number of nitrogens with zero attached hydrogens (tertiary/aromatic N) is 1. The second-order valence-corrected chi connectivity index (χ2v) is 5.26. The van der Waals surface area contributed by atoms with Crippen LogP contribution in [0.2, 0.25) is 0 Å². The molecule has 102 valence electrons. The fourth-order valence-electron chi connectivity index (χ4n) is 2.85. The molecule has 2 aromatic rings. The van der Waals surface area contributed by atoms with Crippen molar-refractivity contribution in [3.8, 4) is 11.1 Å². The number of carboxylic acids is 1. The van der Waals surface area contributed by atoms with Crippen LogP contribution in [0.1, 0.15) is 18.1 Å². The fraction of sp³-hybridized carbons (Fsp3) is 0.235. The molecule has 0 unspecified atom stereocenters. The Morgan fingerprint density at radius 1 is 1.15 bits per heavy atom. The number of benzene rings is 2. The zero-order chi connectivity index (χ0) is 14.3. The van der Waals surface area contributed by atoms with E-state index in [1.165, 1.54) is 22.3 Å². The molecule has 0 amide bonds. The van der Waals surface area contributed by atoms with Crippen LogP contribution in [0.3, 0.4) is 0 Å². The van der Waals surface area contributed by atoms with Crippen LogP contribution in [0.25, 0.3) is 11.1 Å². The van der Waals surface area contributed by atoms with Crippen LogP contribution in [-0.2, 0) is 11.2 Å². The number of aliphatic carboxylic acids is 1. The van der Waals surface area contributed by atoms with Crippen molar-refractivity contribution in [1.29, 1.82) is 0 Å². The van der Waals surface area contributed by atoms with Crippen LogP contribution >= 0.6 is 0 Å². The summed E-state index contributed by atoms with van der Waals surface area (Å²) in [7, 11) is 1.84. The number of fused-ring (bicyclic) bond motifs is 3. The first kappa shape index (κ1) is 12.7. The van der Waals surface area contributed by atoms with Gasteiger partial charge in [0.2, 0.25) is 0 Å². The maximum Gasteiger partial charge on any atom is 0.326 e. The summed E-state index contributed by atoms with van der Waals surface area (Å²) < 4.78 is 0. The number of hydrogen-bond acceptors (Lipinski definition) is 2. The highest BCUT2D eigenvalue weighted by Gasteiger charge is 2.25. The van der Waals surface area contributed by atoms with Crippen LogP contribution in [0.5, 0.6) is 0 Å². The number of rotatable bonds is 3. The highest BCUT2D eigenvalue weighted by atomic mass is 16.4. The number of hydrogen-bond donors (Lipinski definition) is 1. The smallest absolute Gasteiger partial charge is 0.326 e. The molecule has 0 saturated heterocycles. The molecule has 3 rings (SSSR count). The lowest BCUT2D eigenvalue weighted by molar-refractivity contribution is -0.138. The third kappa shape index (κ3) is 1.86. The Morgan fingerprint density at radius 2 is 1.85 bits per heavy atom. The lowest BCUT2D eigenvalue weighted by Gasteiger charge is -2.26. The predicted octanol–water partition coefficient (Wildman–Crippen LogP) is 3.17. The predicted molar refractivity (Wildman–Crippen MR) is 80.2 cm³/mol. The van der Waals surface area contributed by atoms with Gasteiger partial charge in [-0.1, -0.05) is 36.4 Å². The van der Waals surface area contributed by atoms with E-state index in [0.717, 1.165) is 12.1 Å². The molecule has 0 radical (unpaired) electrons. The van der Waals surface area contributed by atoms with Gasteiger partial charge in [-0.25, -0.2) is 4.79 Å². The fourth-order valence-corrected chi connectivity index (χ4v) is 2.85. The minimum absolute atomic E-state index is 0.537. The first-order valence-corrected chi connectivity index (χ1v) is 6.75. The summed E-state index contributed by atoms with van der Waals surface area (Å²) in [4.78, 5) is 13.0. The normalized spacial score (nSPS) is 13.5. The van der Waals surface area contributed by atoms with E-state index in [9.17, 15) is 9.90 Å². The maximum atomic E-state index is 11.2. The van der Waals surface area contributed by atoms with Gasteiger partial charge in [0.15, 0.2) is 0 Å². The monoisotopic (exact) mass is 267 g/mol. The van der Waals surface area contributed by atoms with Crippen molar-refractivity contribution in [3.63, 3.8) is 0 Å². The van der Waals surface area contributed by atoms with E-state index < -0.39 is 12.0 Å². The third-order valence-electron chi connectivity index (χ3n) is 4.14. The zero-order valence-corrected chi connectivity index (χ0v) is 11.6. The highest BCUT2D eigenvalue weighted by molar-refractivity contribution is 5.84. The molecule has 1 aliphatic carbocycles. The van der Waals surface area contributed by atoms with Crippen molar-refractivity contribution in [2.75, 3.05) is 11.9 Å². The van der Waals surface area contributed by atoms with E-state index in [1.807, 2.05) is 36.2 Å². The molecule has 0 aromatic heterocycles. The van der Waals surface area contributed by atoms with Crippen molar-refractivity contribution in [1.82, 2.24) is 0 Å². The average Bonchev–Trinajstić information content (AvgIpc) is 2.84. The average molecular weight is 267 g/mol. The van der Waals surface area contributed by atoms with Gasteiger partial charge in [0, 0.05) is 19.2 Å². The molecule has 0 fully saturated rings. The van der Waals surface area contributed by atoms with Gasteiger partial charge in [-0.05, 0) is 35.2 Å². The van der Waals surface area contributed by atoms with Crippen LogP contribution < -0.4 is 4.90 Å². The summed E-state index contributed by atoms with van der Waals surface area (Å²) in [6, 6.07) is 13.9. The van der Waals surface area contributed by atoms with Gasteiger partial charge in [0.05, 0.1) is 0 Å². The van der Waals surface area contributed by atoms with Gasteiger partial charge in [-0.3, -0.25) is 0 Å². The van der Waals surface area contributed by atoms with E-state index >= 15 is 0 Å². The van der Waals surface area contributed by atoms with E-state index in [2.05, 4.69) is 18.2 Å². The maximum absolute atomic E-state index is 11.2. The molecular formula is C17H17NO2. The molecular weight excluding hydrogens is 250 g/mol. The van der Waals surface area contributed by atoms with E-state index in [1.54, 1.807) is 6.92 Å². The Morgan fingerprint density at radius 3 is 2.60 bits per heavy atom. The van der Waals surface area contributed by atoms with Crippen LogP contribution in [0.15, 0.2) is 42.5 Å². The van der Waals surface area contributed by atoms with E-state index in [-0.39, 0.29) is 0 Å². The molecule has 0 heterocycles. The quantitative estimate of drug-likeness (QED) is 0.792. The van der Waals surface area contributed by atoms with E-state index in [4.69, 9.17) is 0 Å². The summed E-state index contributed by atoms with van der Waals surface area (Å²) in [6.07, 6.45) is 0.873. The highest BCUT2D eigenvalue weighted by Crippen LogP contribution is 2.41. The Kier molecular flexibility index (Phi) is 2.97. The van der Waals surface area contributed by atoms with Gasteiger partial charge < -0.3 is 10.0 Å². The summed E-state index contributed by atoms with van der Waals surface area (Å²) in [5, 5.41) is 9.19. The van der Waals surface area contributed by atoms with Gasteiger partial charge in [-0.2, -0.15) is 0 Å². The number of anilines is 1. The van der Waals surface area contributed by atoms with Crippen LogP contribution in [0.4, 0.5) is 5.69 Å². The SMILES string of the molecule is C[C@@H](C(=O)O)N(C)c1cccc2c1Cc1ccccc1-2. The van der Waals surface area contributed by atoms with Gasteiger partial charge in [-0.15, -0.1) is 0 Å². The van der Waals surface area contributed by atoms with Crippen molar-refractivity contribution < 1.29 is 9.90 Å². The number of likely N-dealkylation sites (N-methyl/N-ethyl adjacent to an activating group) is 1. The molecule has 20 heavy (non-hydrogen) atoms. The Hall–Kier alpha value is -2.29. The van der Waals surface area contributed by atoms with Crippen LogP contribution in [-0.4, -0.2) is 24.2 Å². The van der Waals surface area contributed by atoms with Gasteiger partial charge >= 0.3 is 5.97 Å². The Labute approximate surface area is 118 Å². The molecule has 1 aliphatic rings. The summed E-state index contributed by atoms with van der Waals surface area (Å²) >= 11 is 0. The molecule has 0 spiro atoms. The van der Waals surface area contributed by atoms with Crippen molar-refractivity contribution in [2.45, 2.75) is 19.4 Å². The van der Waals surface area contributed by atoms with Crippen molar-refractivity contribution in [3.05, 3.63) is 53.6 Å². The van der Waals surface area contributed by atoms with Crippen molar-refractivity contribution in [2.24, 2.45) is 0 Å². The molecule has 3 heteroatoms. The molecule has 0 aliphatic heterocycles. The minimum Gasteiger partial charge on any atom is -0.480 e. The lowest BCUT2D eigenvalue weighted by atomic mass is 10.0. The molecule has 2 aromatic carbocycles. The second kappa shape index (κ2) is 4.67. The Balaban J connectivity index is 2.07. The minimum atomic E-state index is -0.805. The summed E-state index contributed by atoms with van der Waals surface area (Å²) in [6.45, 7) is 1.71. The molecule has 0 bridgehead atoms. The third-order valence-corrected chi connectivity index (χ3v) is 4.14. The Bertz CT molecular complexity index is 678. The molecule has 0 saturated carbocycles. The zero-order valence-electron chi connectivity index (χ0n) is 11.6. The number of carbonyl (C=O) groups is 1. The van der Waals surface area contributed by atoms with Crippen molar-refractivity contribution >= 4 is 11.7 Å². The first-order chi connectivity index (χ1) is 9.59. The topological polar surface area (TPSA) is 40.5 Å². The molecule has 1 N–H and O–H groups in total. The standard InChI is InChI=1S/C17H17NO2/c1-11(17(19)20)18(2)16-9-5-8-14-13-7-4-3-6-12(13)10-15(14)16/h3-9,11H,10H2,1-2H3,(H,19,20)/t11-/m0/s1. The summed E-state index contributed by atoms with van der Waals surface area (Å²) in [5.74, 6) is -0.805. The molecule has 3 nitrogen and oxygen atoms in total. The van der Waals surface area contributed by atoms with Crippen LogP contribution in [0, 0.1) is 0 Å². The molecule has 1 atom stereocenters. The van der Waals surface area contributed by atoms with E-state index in [0.29, 0.717) is 0 Å². The van der Waals surface area contributed by atoms with Gasteiger partial charge in [0.25, 0.3) is 0 Å². The van der Waals surface area contributed by atoms with Gasteiger partial charge in [0.1, 0.15) is 6.04 Å². The lowest BCUT2D eigenvalue weighted by Crippen LogP contribution is -2.36. The number of carboxylic acid groups (broad SMARTS) is 1.